The molecule has 0 spiro atoms. The average Bonchev–Trinajstić information content (AvgIpc) is 3.44. The van der Waals surface area contributed by atoms with Gasteiger partial charge < -0.3 is 24.7 Å². The lowest BCUT2D eigenvalue weighted by Gasteiger charge is -2.34. The Morgan fingerprint density at radius 2 is 1.88 bits per heavy atom. The van der Waals surface area contributed by atoms with E-state index in [1.54, 1.807) is 12.1 Å². The molecule has 0 bridgehead atoms. The lowest BCUT2D eigenvalue weighted by Crippen LogP contribution is -2.54. The summed E-state index contributed by atoms with van der Waals surface area (Å²) in [5.41, 5.74) is -0.507. The average molecular weight is 449 g/mol. The number of rotatable bonds is 7. The van der Waals surface area contributed by atoms with Crippen LogP contribution in [0.3, 0.4) is 0 Å². The van der Waals surface area contributed by atoms with Crippen molar-refractivity contribution in [3.8, 4) is 0 Å². The largest absolute Gasteiger partial charge is 0.467 e. The summed E-state index contributed by atoms with van der Waals surface area (Å²) >= 11 is 0. The molecule has 0 radical (unpaired) electrons. The number of amides is 3. The van der Waals surface area contributed by atoms with E-state index >= 15 is 0 Å². The van der Waals surface area contributed by atoms with Crippen LogP contribution in [-0.4, -0.2) is 78.5 Å². The molecular weight excluding hydrogens is 412 g/mol. The summed E-state index contributed by atoms with van der Waals surface area (Å²) in [6.45, 7) is 9.12. The van der Waals surface area contributed by atoms with Gasteiger partial charge in [-0.25, -0.2) is 0 Å². The Labute approximate surface area is 189 Å². The molecule has 1 atom stereocenters. The van der Waals surface area contributed by atoms with Crippen molar-refractivity contribution in [3.05, 3.63) is 24.2 Å². The highest BCUT2D eigenvalue weighted by atomic mass is 16.5. The van der Waals surface area contributed by atoms with Gasteiger partial charge in [0.1, 0.15) is 5.76 Å². The number of furan rings is 1. The van der Waals surface area contributed by atoms with Crippen LogP contribution in [0.4, 0.5) is 0 Å². The van der Waals surface area contributed by atoms with Gasteiger partial charge in [-0.2, -0.15) is 0 Å². The van der Waals surface area contributed by atoms with E-state index in [1.807, 2.05) is 20.8 Å². The smallest absolute Gasteiger partial charge is 0.312 e. The Morgan fingerprint density at radius 1 is 1.19 bits per heavy atom. The topological polar surface area (TPSA) is 104 Å². The van der Waals surface area contributed by atoms with Crippen LogP contribution in [0.5, 0.6) is 0 Å². The summed E-state index contributed by atoms with van der Waals surface area (Å²) in [5.74, 6) is -1.43. The van der Waals surface area contributed by atoms with E-state index in [2.05, 4.69) is 15.5 Å². The zero-order valence-electron chi connectivity index (χ0n) is 19.4. The molecular formula is C23H36N4O5. The van der Waals surface area contributed by atoms with Crippen molar-refractivity contribution in [1.29, 1.82) is 0 Å². The maximum atomic E-state index is 13.4. The quantitative estimate of drug-likeness (QED) is 0.612. The van der Waals surface area contributed by atoms with E-state index in [0.717, 1.165) is 38.8 Å². The molecule has 3 rings (SSSR count). The van der Waals surface area contributed by atoms with E-state index in [-0.39, 0.29) is 18.5 Å². The van der Waals surface area contributed by atoms with Gasteiger partial charge in [0, 0.05) is 37.8 Å². The monoisotopic (exact) mass is 448 g/mol. The number of nitrogens with one attached hydrogen (secondary N) is 2. The fourth-order valence-electron chi connectivity index (χ4n) is 4.18. The van der Waals surface area contributed by atoms with Crippen LogP contribution >= 0.6 is 0 Å². The molecule has 9 nitrogen and oxygen atoms in total. The molecule has 178 valence electrons. The van der Waals surface area contributed by atoms with E-state index in [4.69, 9.17) is 9.15 Å². The molecule has 9 heteroatoms. The van der Waals surface area contributed by atoms with Gasteiger partial charge in [-0.15, -0.1) is 0 Å². The van der Waals surface area contributed by atoms with E-state index in [0.29, 0.717) is 25.5 Å². The molecule has 2 aliphatic rings. The highest BCUT2D eigenvalue weighted by Crippen LogP contribution is 2.24. The number of hydrogen-bond acceptors (Lipinski definition) is 6. The Morgan fingerprint density at radius 3 is 2.47 bits per heavy atom. The minimum Gasteiger partial charge on any atom is -0.467 e. The van der Waals surface area contributed by atoms with Crippen molar-refractivity contribution in [3.63, 3.8) is 0 Å². The molecule has 0 unspecified atom stereocenters. The molecule has 0 aromatic carbocycles. The maximum absolute atomic E-state index is 13.4. The highest BCUT2D eigenvalue weighted by molar-refractivity contribution is 6.35. The van der Waals surface area contributed by atoms with Crippen molar-refractivity contribution < 1.29 is 23.5 Å². The van der Waals surface area contributed by atoms with Gasteiger partial charge in [-0.05, 0) is 45.7 Å². The summed E-state index contributed by atoms with van der Waals surface area (Å²) in [5, 5.41) is 5.79. The van der Waals surface area contributed by atoms with Gasteiger partial charge >= 0.3 is 11.8 Å². The molecule has 1 aromatic rings. The number of hydrogen-bond donors (Lipinski definition) is 2. The molecule has 1 aliphatic heterocycles. The summed E-state index contributed by atoms with van der Waals surface area (Å²) < 4.78 is 10.9. The Bertz CT molecular complexity index is 762. The van der Waals surface area contributed by atoms with Crippen molar-refractivity contribution in [2.75, 3.05) is 39.4 Å². The first-order valence-electron chi connectivity index (χ1n) is 11.5. The molecule has 1 saturated heterocycles. The zero-order valence-corrected chi connectivity index (χ0v) is 19.4. The van der Waals surface area contributed by atoms with Crippen molar-refractivity contribution >= 4 is 17.7 Å². The standard InChI is InChI=1S/C23H36N4O5/c1-23(2,3)25-20(28)19(18-9-6-14-32-18)27(11-10-26-12-15-31-16-13-26)22(30)21(29)24-17-7-4-5-8-17/h6,9,14,17,19H,4-5,7-8,10-13,15-16H2,1-3H3,(H,24,29)(H,25,28)/t19-/m0/s1. The number of carbonyl (C=O) groups is 3. The Balaban J connectivity index is 1.83. The third kappa shape index (κ3) is 6.80. The van der Waals surface area contributed by atoms with Gasteiger partial charge in [0.2, 0.25) is 0 Å². The third-order valence-electron chi connectivity index (χ3n) is 5.78. The van der Waals surface area contributed by atoms with E-state index in [9.17, 15) is 14.4 Å². The summed E-state index contributed by atoms with van der Waals surface area (Å²) in [6, 6.07) is 2.32. The molecule has 1 aromatic heterocycles. The van der Waals surface area contributed by atoms with Gasteiger partial charge in [0.15, 0.2) is 6.04 Å². The first kappa shape index (κ1) is 24.3. The molecule has 1 saturated carbocycles. The van der Waals surface area contributed by atoms with Crippen LogP contribution in [0, 0.1) is 0 Å². The van der Waals surface area contributed by atoms with E-state index in [1.165, 1.54) is 11.2 Å². The SMILES string of the molecule is CC(C)(C)NC(=O)[C@H](c1ccco1)N(CCN1CCOCC1)C(=O)C(=O)NC1CCCC1. The van der Waals surface area contributed by atoms with Crippen molar-refractivity contribution in [2.45, 2.75) is 64.1 Å². The lowest BCUT2D eigenvalue weighted by atomic mass is 10.1. The number of carbonyl (C=O) groups excluding carboxylic acids is 3. The highest BCUT2D eigenvalue weighted by Gasteiger charge is 2.38. The summed E-state index contributed by atoms with van der Waals surface area (Å²) in [6.07, 6.45) is 5.31. The normalized spacial score (nSPS) is 18.8. The molecule has 1 aliphatic carbocycles. The number of ether oxygens (including phenoxy) is 1. The molecule has 3 amide bonds. The van der Waals surface area contributed by atoms with Crippen LogP contribution in [-0.2, 0) is 19.1 Å². The van der Waals surface area contributed by atoms with Crippen LogP contribution in [0.1, 0.15) is 58.3 Å². The molecule has 2 fully saturated rings. The molecule has 2 N–H and O–H groups in total. The molecule has 32 heavy (non-hydrogen) atoms. The van der Waals surface area contributed by atoms with Gasteiger partial charge in [0.05, 0.1) is 19.5 Å². The van der Waals surface area contributed by atoms with Crippen LogP contribution in [0.15, 0.2) is 22.8 Å². The van der Waals surface area contributed by atoms with Crippen LogP contribution in [0.2, 0.25) is 0 Å². The van der Waals surface area contributed by atoms with Gasteiger partial charge in [-0.1, -0.05) is 12.8 Å². The van der Waals surface area contributed by atoms with Gasteiger partial charge in [-0.3, -0.25) is 19.3 Å². The zero-order chi connectivity index (χ0) is 23.1. The van der Waals surface area contributed by atoms with Gasteiger partial charge in [0.25, 0.3) is 5.91 Å². The first-order chi connectivity index (χ1) is 15.2. The maximum Gasteiger partial charge on any atom is 0.312 e. The van der Waals surface area contributed by atoms with E-state index < -0.39 is 23.4 Å². The third-order valence-corrected chi connectivity index (χ3v) is 5.78. The second kappa shape index (κ2) is 11.0. The van der Waals surface area contributed by atoms with Crippen molar-refractivity contribution in [1.82, 2.24) is 20.4 Å². The lowest BCUT2D eigenvalue weighted by molar-refractivity contribution is -0.151. The second-order valence-electron chi connectivity index (χ2n) is 9.56. The van der Waals surface area contributed by atoms with Crippen molar-refractivity contribution in [2.24, 2.45) is 0 Å². The minimum atomic E-state index is -1.04. The predicted molar refractivity (Wildman–Crippen MR) is 119 cm³/mol. The minimum absolute atomic E-state index is 0.0120. The van der Waals surface area contributed by atoms with Crippen LogP contribution < -0.4 is 10.6 Å². The first-order valence-corrected chi connectivity index (χ1v) is 11.5. The Kier molecular flexibility index (Phi) is 8.31. The number of nitrogens with zero attached hydrogens (tertiary/aromatic N) is 2. The fourth-order valence-corrected chi connectivity index (χ4v) is 4.18. The van der Waals surface area contributed by atoms with Crippen LogP contribution in [0.25, 0.3) is 0 Å². The number of morpholine rings is 1. The molecule has 2 heterocycles. The summed E-state index contributed by atoms with van der Waals surface area (Å²) in [7, 11) is 0. The second-order valence-corrected chi connectivity index (χ2v) is 9.56. The Hall–Kier alpha value is -2.39. The summed E-state index contributed by atoms with van der Waals surface area (Å²) in [4.78, 5) is 43.0. The predicted octanol–water partition coefficient (Wildman–Crippen LogP) is 1.46. The fraction of sp³-hybridized carbons (Fsp3) is 0.696.